The van der Waals surface area contributed by atoms with Crippen LogP contribution in [0, 0.1) is 0 Å². The minimum atomic E-state index is -0.652. The molecule has 5 nitrogen and oxygen atoms in total. The topological polar surface area (TPSA) is 75.6 Å². The molecule has 0 spiro atoms. The van der Waals surface area contributed by atoms with Gasteiger partial charge >= 0.3 is 6.09 Å². The first kappa shape index (κ1) is 14.5. The van der Waals surface area contributed by atoms with Gasteiger partial charge < -0.3 is 15.2 Å². The fraction of sp³-hybridized carbons (Fsp3) is 0.333. The van der Waals surface area contributed by atoms with Gasteiger partial charge in [0.05, 0.1) is 18.5 Å². The molecule has 0 bridgehead atoms. The van der Waals surface area contributed by atoms with E-state index in [-0.39, 0.29) is 16.9 Å². The molecular weight excluding hydrogens is 302 g/mol. The Labute approximate surface area is 113 Å². The van der Waals surface area contributed by atoms with Crippen LogP contribution in [0.3, 0.4) is 0 Å². The highest BCUT2D eigenvalue weighted by atomic mass is 79.9. The van der Waals surface area contributed by atoms with Crippen LogP contribution < -0.4 is 5.32 Å². The molecule has 1 rings (SSSR count). The Hall–Kier alpha value is -1.56. The van der Waals surface area contributed by atoms with Gasteiger partial charge in [0.15, 0.2) is 5.78 Å². The molecule has 98 valence electrons. The Morgan fingerprint density at radius 3 is 2.50 bits per heavy atom. The van der Waals surface area contributed by atoms with Crippen LogP contribution in [-0.2, 0) is 16.0 Å². The number of hydrogen-bond donors (Lipinski definition) is 2. The molecule has 0 aliphatic heterocycles. The number of benzene rings is 1. The number of carbonyl (C=O) groups is 2. The summed E-state index contributed by atoms with van der Waals surface area (Å²) >= 11 is 3.07. The van der Waals surface area contributed by atoms with E-state index < -0.39 is 12.1 Å². The number of alkyl halides is 1. The maximum absolute atomic E-state index is 11.7. The Balaban J connectivity index is 2.74. The fourth-order valence-electron chi connectivity index (χ4n) is 1.41. The summed E-state index contributed by atoms with van der Waals surface area (Å²) in [6.45, 7) is 0. The van der Waals surface area contributed by atoms with Crippen LogP contribution in [0.5, 0.6) is 5.75 Å². The van der Waals surface area contributed by atoms with E-state index in [1.54, 1.807) is 12.1 Å². The van der Waals surface area contributed by atoms with Crippen LogP contribution in [0.1, 0.15) is 5.56 Å². The number of rotatable bonds is 5. The summed E-state index contributed by atoms with van der Waals surface area (Å²) in [4.78, 5) is 22.8. The van der Waals surface area contributed by atoms with Crippen molar-refractivity contribution in [2.45, 2.75) is 12.5 Å². The van der Waals surface area contributed by atoms with Gasteiger partial charge in [-0.25, -0.2) is 4.79 Å². The van der Waals surface area contributed by atoms with Crippen LogP contribution in [0.15, 0.2) is 24.3 Å². The molecule has 0 heterocycles. The quantitative estimate of drug-likeness (QED) is 0.810. The Morgan fingerprint density at radius 1 is 1.39 bits per heavy atom. The summed E-state index contributed by atoms with van der Waals surface area (Å²) in [5.41, 5.74) is 0.837. The fourth-order valence-corrected chi connectivity index (χ4v) is 1.80. The number of amides is 1. The molecule has 0 aliphatic rings. The number of carbonyl (C=O) groups excluding carboxylic acids is 2. The van der Waals surface area contributed by atoms with Gasteiger partial charge in [0, 0.05) is 0 Å². The number of nitrogens with one attached hydrogen (secondary N) is 1. The number of aromatic hydroxyl groups is 1. The van der Waals surface area contributed by atoms with Crippen molar-refractivity contribution in [2.24, 2.45) is 0 Å². The zero-order chi connectivity index (χ0) is 13.5. The second-order valence-corrected chi connectivity index (χ2v) is 4.22. The molecule has 6 heteroatoms. The van der Waals surface area contributed by atoms with Crippen LogP contribution in [-0.4, -0.2) is 35.5 Å². The molecular formula is C12H14BrNO4. The van der Waals surface area contributed by atoms with Gasteiger partial charge in [0.2, 0.25) is 0 Å². The second-order valence-electron chi connectivity index (χ2n) is 3.66. The average Bonchev–Trinajstić information content (AvgIpc) is 2.39. The molecule has 0 aromatic heterocycles. The summed E-state index contributed by atoms with van der Waals surface area (Å²) in [7, 11) is 1.24. The summed E-state index contributed by atoms with van der Waals surface area (Å²) in [5, 5.41) is 11.8. The van der Waals surface area contributed by atoms with Crippen LogP contribution in [0.4, 0.5) is 4.79 Å². The van der Waals surface area contributed by atoms with E-state index in [4.69, 9.17) is 5.11 Å². The highest BCUT2D eigenvalue weighted by molar-refractivity contribution is 9.09. The van der Waals surface area contributed by atoms with Crippen molar-refractivity contribution in [1.82, 2.24) is 5.32 Å². The molecule has 0 fully saturated rings. The first-order valence-electron chi connectivity index (χ1n) is 5.28. The van der Waals surface area contributed by atoms with Crippen molar-refractivity contribution in [3.8, 4) is 5.75 Å². The Bertz CT molecular complexity index is 419. The molecule has 0 aliphatic carbocycles. The maximum Gasteiger partial charge on any atom is 0.407 e. The second kappa shape index (κ2) is 7.00. The predicted octanol–water partition coefficient (Wildman–Crippen LogP) is 1.62. The van der Waals surface area contributed by atoms with Gasteiger partial charge in [-0.05, 0) is 24.1 Å². The van der Waals surface area contributed by atoms with Crippen molar-refractivity contribution < 1.29 is 19.4 Å². The smallest absolute Gasteiger partial charge is 0.407 e. The van der Waals surface area contributed by atoms with E-state index in [0.29, 0.717) is 6.42 Å². The zero-order valence-corrected chi connectivity index (χ0v) is 11.4. The number of ketones is 1. The van der Waals surface area contributed by atoms with Crippen LogP contribution in [0.25, 0.3) is 0 Å². The van der Waals surface area contributed by atoms with Crippen molar-refractivity contribution in [3.63, 3.8) is 0 Å². The van der Waals surface area contributed by atoms with Gasteiger partial charge in [-0.3, -0.25) is 4.79 Å². The number of Topliss-reactive ketones (excluding diaryl/α,β-unsaturated/α-hetero) is 1. The average molecular weight is 316 g/mol. The number of hydrogen-bond acceptors (Lipinski definition) is 4. The van der Waals surface area contributed by atoms with Gasteiger partial charge in [-0.2, -0.15) is 0 Å². The third-order valence-corrected chi connectivity index (χ3v) is 2.93. The lowest BCUT2D eigenvalue weighted by atomic mass is 10.0. The Morgan fingerprint density at radius 2 is 2.00 bits per heavy atom. The third kappa shape index (κ3) is 4.37. The zero-order valence-electron chi connectivity index (χ0n) is 9.85. The van der Waals surface area contributed by atoms with Crippen LogP contribution in [0.2, 0.25) is 0 Å². The summed E-state index contributed by atoms with van der Waals surface area (Å²) < 4.78 is 4.47. The summed E-state index contributed by atoms with van der Waals surface area (Å²) in [5.74, 6) is 0.0107. The summed E-state index contributed by atoms with van der Waals surface area (Å²) in [6, 6.07) is 5.80. The number of phenols is 1. The molecule has 0 saturated carbocycles. The predicted molar refractivity (Wildman–Crippen MR) is 69.9 cm³/mol. The van der Waals surface area contributed by atoms with Crippen LogP contribution >= 0.6 is 15.9 Å². The van der Waals surface area contributed by atoms with Gasteiger partial charge in [-0.15, -0.1) is 0 Å². The molecule has 0 saturated heterocycles. The van der Waals surface area contributed by atoms with E-state index in [1.807, 2.05) is 0 Å². The molecule has 18 heavy (non-hydrogen) atoms. The number of methoxy groups -OCH3 is 1. The maximum atomic E-state index is 11.7. The lowest BCUT2D eigenvalue weighted by Crippen LogP contribution is -2.42. The standard InChI is InChI=1S/C12H14BrNO4/c1-18-12(17)14-10(11(16)7-13)6-8-2-4-9(15)5-3-8/h2-5,10,15H,6-7H2,1H3,(H,14,17). The lowest BCUT2D eigenvalue weighted by molar-refractivity contribution is -0.118. The van der Waals surface area contributed by atoms with E-state index in [9.17, 15) is 9.59 Å². The van der Waals surface area contributed by atoms with Gasteiger partial charge in [-0.1, -0.05) is 28.1 Å². The van der Waals surface area contributed by atoms with Gasteiger partial charge in [0.1, 0.15) is 5.75 Å². The number of phenolic OH excluding ortho intramolecular Hbond substituents is 1. The molecule has 1 amide bonds. The molecule has 1 unspecified atom stereocenters. The molecule has 1 aromatic carbocycles. The van der Waals surface area contributed by atoms with Gasteiger partial charge in [0.25, 0.3) is 0 Å². The SMILES string of the molecule is COC(=O)NC(Cc1ccc(O)cc1)C(=O)CBr. The monoisotopic (exact) mass is 315 g/mol. The lowest BCUT2D eigenvalue weighted by Gasteiger charge is -2.15. The first-order valence-corrected chi connectivity index (χ1v) is 6.40. The third-order valence-electron chi connectivity index (χ3n) is 2.37. The van der Waals surface area contributed by atoms with Crippen molar-refractivity contribution >= 4 is 27.8 Å². The largest absolute Gasteiger partial charge is 0.508 e. The van der Waals surface area contributed by atoms with E-state index in [1.165, 1.54) is 19.2 Å². The van der Waals surface area contributed by atoms with Crippen molar-refractivity contribution in [1.29, 1.82) is 0 Å². The van der Waals surface area contributed by atoms with Crippen molar-refractivity contribution in [2.75, 3.05) is 12.4 Å². The van der Waals surface area contributed by atoms with Crippen molar-refractivity contribution in [3.05, 3.63) is 29.8 Å². The minimum absolute atomic E-state index is 0.145. The van der Waals surface area contributed by atoms with E-state index in [0.717, 1.165) is 5.56 Å². The highest BCUT2D eigenvalue weighted by Crippen LogP contribution is 2.12. The summed E-state index contributed by atoms with van der Waals surface area (Å²) in [6.07, 6.45) is -0.298. The minimum Gasteiger partial charge on any atom is -0.508 e. The molecule has 2 N–H and O–H groups in total. The number of ether oxygens (including phenoxy) is 1. The molecule has 1 atom stereocenters. The number of alkyl carbamates (subject to hydrolysis) is 1. The first-order chi connectivity index (χ1) is 8.56. The Kier molecular flexibility index (Phi) is 5.64. The highest BCUT2D eigenvalue weighted by Gasteiger charge is 2.20. The van der Waals surface area contributed by atoms with E-state index in [2.05, 4.69) is 26.0 Å². The van der Waals surface area contributed by atoms with E-state index >= 15 is 0 Å². The number of halogens is 1. The normalized spacial score (nSPS) is 11.7. The molecule has 1 aromatic rings. The molecule has 0 radical (unpaired) electrons.